The second kappa shape index (κ2) is 4.53. The molecule has 1 aromatic carbocycles. The molecule has 0 fully saturated rings. The van der Waals surface area contributed by atoms with E-state index >= 15 is 0 Å². The van der Waals surface area contributed by atoms with Gasteiger partial charge < -0.3 is 15.8 Å². The summed E-state index contributed by atoms with van der Waals surface area (Å²) in [5.41, 5.74) is 7.58. The fourth-order valence-electron chi connectivity index (χ4n) is 2.11. The molecule has 0 saturated carbocycles. The van der Waals surface area contributed by atoms with Gasteiger partial charge in [0, 0.05) is 12.1 Å². The maximum atomic E-state index is 11.5. The Hall–Kier alpha value is -1.55. The SMILES string of the molecule is COc1ccc2c(c1)C(CCN)CC(=O)N2. The van der Waals surface area contributed by atoms with Crippen LogP contribution in [0.1, 0.15) is 24.3 Å². The molecule has 1 aromatic rings. The Morgan fingerprint density at radius 3 is 3.06 bits per heavy atom. The van der Waals surface area contributed by atoms with Crippen LogP contribution < -0.4 is 15.8 Å². The number of hydrogen-bond acceptors (Lipinski definition) is 3. The molecule has 0 spiro atoms. The van der Waals surface area contributed by atoms with E-state index in [9.17, 15) is 4.79 Å². The van der Waals surface area contributed by atoms with E-state index in [1.165, 1.54) is 0 Å². The number of carbonyl (C=O) groups is 1. The van der Waals surface area contributed by atoms with Crippen molar-refractivity contribution in [2.45, 2.75) is 18.8 Å². The first-order valence-corrected chi connectivity index (χ1v) is 5.42. The molecule has 3 N–H and O–H groups in total. The van der Waals surface area contributed by atoms with Crippen LogP contribution in [0.3, 0.4) is 0 Å². The summed E-state index contributed by atoms with van der Waals surface area (Å²) in [6.07, 6.45) is 1.34. The van der Waals surface area contributed by atoms with Crippen LogP contribution in [-0.2, 0) is 4.79 Å². The van der Waals surface area contributed by atoms with Crippen molar-refractivity contribution in [2.24, 2.45) is 5.73 Å². The number of rotatable bonds is 3. The summed E-state index contributed by atoms with van der Waals surface area (Å²) in [4.78, 5) is 11.5. The summed E-state index contributed by atoms with van der Waals surface area (Å²) in [6, 6.07) is 5.72. The number of nitrogens with two attached hydrogens (primary N) is 1. The van der Waals surface area contributed by atoms with Crippen LogP contribution in [0.15, 0.2) is 18.2 Å². The van der Waals surface area contributed by atoms with Crippen LogP contribution in [0, 0.1) is 0 Å². The molecule has 0 saturated heterocycles. The third kappa shape index (κ3) is 2.02. The number of carbonyl (C=O) groups excluding carboxylic acids is 1. The van der Waals surface area contributed by atoms with Crippen LogP contribution in [0.4, 0.5) is 5.69 Å². The molecule has 1 aliphatic heterocycles. The van der Waals surface area contributed by atoms with Gasteiger partial charge in [0.25, 0.3) is 0 Å². The lowest BCUT2D eigenvalue weighted by Crippen LogP contribution is -2.24. The van der Waals surface area contributed by atoms with E-state index in [-0.39, 0.29) is 11.8 Å². The molecule has 1 heterocycles. The van der Waals surface area contributed by atoms with E-state index < -0.39 is 0 Å². The number of benzene rings is 1. The Bertz CT molecular complexity index is 404. The lowest BCUT2D eigenvalue weighted by atomic mass is 9.88. The van der Waals surface area contributed by atoms with Crippen LogP contribution in [0.2, 0.25) is 0 Å². The van der Waals surface area contributed by atoms with Crippen molar-refractivity contribution in [3.63, 3.8) is 0 Å². The van der Waals surface area contributed by atoms with Gasteiger partial charge in [-0.15, -0.1) is 0 Å². The van der Waals surface area contributed by atoms with E-state index in [4.69, 9.17) is 10.5 Å². The highest BCUT2D eigenvalue weighted by Gasteiger charge is 2.24. The molecule has 1 amide bonds. The molecule has 1 atom stereocenters. The number of hydrogen-bond donors (Lipinski definition) is 2. The van der Waals surface area contributed by atoms with Gasteiger partial charge in [-0.05, 0) is 42.6 Å². The first-order valence-electron chi connectivity index (χ1n) is 5.42. The van der Waals surface area contributed by atoms with E-state index in [0.717, 1.165) is 23.4 Å². The highest BCUT2D eigenvalue weighted by atomic mass is 16.5. The van der Waals surface area contributed by atoms with Crippen LogP contribution in [-0.4, -0.2) is 19.6 Å². The quantitative estimate of drug-likeness (QED) is 0.810. The van der Waals surface area contributed by atoms with Gasteiger partial charge in [0.15, 0.2) is 0 Å². The number of methoxy groups -OCH3 is 1. The molecule has 0 aliphatic carbocycles. The lowest BCUT2D eigenvalue weighted by Gasteiger charge is -2.25. The highest BCUT2D eigenvalue weighted by molar-refractivity contribution is 5.94. The average Bonchev–Trinajstić information content (AvgIpc) is 2.29. The summed E-state index contributed by atoms with van der Waals surface area (Å²) in [6.45, 7) is 0.592. The maximum absolute atomic E-state index is 11.5. The van der Waals surface area contributed by atoms with Gasteiger partial charge in [0.05, 0.1) is 7.11 Å². The van der Waals surface area contributed by atoms with Crippen molar-refractivity contribution in [2.75, 3.05) is 19.0 Å². The molecular weight excluding hydrogens is 204 g/mol. The van der Waals surface area contributed by atoms with Gasteiger partial charge in [0.2, 0.25) is 5.91 Å². The minimum Gasteiger partial charge on any atom is -0.497 e. The minimum atomic E-state index is 0.0658. The summed E-state index contributed by atoms with van der Waals surface area (Å²) in [5, 5.41) is 2.86. The predicted molar refractivity (Wildman–Crippen MR) is 62.7 cm³/mol. The molecular formula is C12H16N2O2. The molecule has 1 unspecified atom stereocenters. The molecule has 0 aromatic heterocycles. The van der Waals surface area contributed by atoms with Gasteiger partial charge in [0.1, 0.15) is 5.75 Å². The van der Waals surface area contributed by atoms with Crippen LogP contribution >= 0.6 is 0 Å². The molecule has 4 nitrogen and oxygen atoms in total. The number of ether oxygens (including phenoxy) is 1. The molecule has 0 bridgehead atoms. The van der Waals surface area contributed by atoms with Gasteiger partial charge in [-0.1, -0.05) is 0 Å². The number of amides is 1. The Morgan fingerprint density at radius 1 is 1.56 bits per heavy atom. The van der Waals surface area contributed by atoms with Gasteiger partial charge >= 0.3 is 0 Å². The van der Waals surface area contributed by atoms with Gasteiger partial charge in [-0.2, -0.15) is 0 Å². The lowest BCUT2D eigenvalue weighted by molar-refractivity contribution is -0.116. The molecule has 4 heteroatoms. The zero-order valence-electron chi connectivity index (χ0n) is 9.32. The van der Waals surface area contributed by atoms with E-state index in [1.807, 2.05) is 18.2 Å². The maximum Gasteiger partial charge on any atom is 0.224 e. The van der Waals surface area contributed by atoms with Gasteiger partial charge in [-0.25, -0.2) is 0 Å². The second-order valence-corrected chi connectivity index (χ2v) is 3.98. The molecule has 2 rings (SSSR count). The van der Waals surface area contributed by atoms with Gasteiger partial charge in [-0.3, -0.25) is 4.79 Å². The van der Waals surface area contributed by atoms with Crippen molar-refractivity contribution in [3.05, 3.63) is 23.8 Å². The van der Waals surface area contributed by atoms with E-state index in [1.54, 1.807) is 7.11 Å². The van der Waals surface area contributed by atoms with Crippen molar-refractivity contribution >= 4 is 11.6 Å². The first kappa shape index (κ1) is 11.0. The number of fused-ring (bicyclic) bond motifs is 1. The monoisotopic (exact) mass is 220 g/mol. The molecule has 0 radical (unpaired) electrons. The topological polar surface area (TPSA) is 64.3 Å². The smallest absolute Gasteiger partial charge is 0.224 e. The molecule has 1 aliphatic rings. The van der Waals surface area contributed by atoms with Crippen molar-refractivity contribution in [3.8, 4) is 5.75 Å². The predicted octanol–water partition coefficient (Wildman–Crippen LogP) is 1.47. The first-order chi connectivity index (χ1) is 7.74. The van der Waals surface area contributed by atoms with Crippen LogP contribution in [0.25, 0.3) is 0 Å². The van der Waals surface area contributed by atoms with E-state index in [0.29, 0.717) is 13.0 Å². The largest absolute Gasteiger partial charge is 0.497 e. The third-order valence-electron chi connectivity index (χ3n) is 2.92. The Labute approximate surface area is 94.8 Å². The second-order valence-electron chi connectivity index (χ2n) is 3.98. The van der Waals surface area contributed by atoms with Crippen molar-refractivity contribution < 1.29 is 9.53 Å². The standard InChI is InChI=1S/C12H16N2O2/c1-16-9-2-3-11-10(7-9)8(4-5-13)6-12(15)14-11/h2-3,7-8H,4-6,13H2,1H3,(H,14,15). The van der Waals surface area contributed by atoms with Crippen LogP contribution in [0.5, 0.6) is 5.75 Å². The summed E-state index contributed by atoms with van der Waals surface area (Å²) >= 11 is 0. The Morgan fingerprint density at radius 2 is 2.38 bits per heavy atom. The fourth-order valence-corrected chi connectivity index (χ4v) is 2.11. The van der Waals surface area contributed by atoms with E-state index in [2.05, 4.69) is 5.32 Å². The normalized spacial score (nSPS) is 18.9. The third-order valence-corrected chi connectivity index (χ3v) is 2.92. The number of anilines is 1. The average molecular weight is 220 g/mol. The summed E-state index contributed by atoms with van der Waals surface area (Å²) < 4.78 is 5.19. The van der Waals surface area contributed by atoms with Crippen molar-refractivity contribution in [1.29, 1.82) is 0 Å². The summed E-state index contributed by atoms with van der Waals surface area (Å²) in [7, 11) is 1.64. The molecule has 16 heavy (non-hydrogen) atoms. The highest BCUT2D eigenvalue weighted by Crippen LogP contribution is 2.36. The zero-order valence-corrected chi connectivity index (χ0v) is 9.32. The summed E-state index contributed by atoms with van der Waals surface area (Å²) in [5.74, 6) is 1.09. The Kier molecular flexibility index (Phi) is 3.10. The van der Waals surface area contributed by atoms with Crippen molar-refractivity contribution in [1.82, 2.24) is 0 Å². The minimum absolute atomic E-state index is 0.0658. The molecule has 86 valence electrons. The Balaban J connectivity index is 2.37. The zero-order chi connectivity index (χ0) is 11.5. The fraction of sp³-hybridized carbons (Fsp3) is 0.417. The number of nitrogens with one attached hydrogen (secondary N) is 1.